The molecule has 5 aromatic carbocycles. The van der Waals surface area contributed by atoms with Crippen LogP contribution < -0.4 is 10.2 Å². The normalized spacial score (nSPS) is 15.5. The smallest absolute Gasteiger partial charge is 0.0565 e. The molecule has 0 amide bonds. The number of nitrogens with one attached hydrogen (secondary N) is 1. The van der Waals surface area contributed by atoms with E-state index in [1.54, 1.807) is 13.3 Å². The molecule has 0 bridgehead atoms. The lowest BCUT2D eigenvalue weighted by Gasteiger charge is -2.30. The fourth-order valence-corrected chi connectivity index (χ4v) is 6.00. The van der Waals surface area contributed by atoms with Crippen molar-refractivity contribution in [3.63, 3.8) is 0 Å². The standard InChI is InChI=1S/C32H31N.C18H22N2/c1-24(2)10-13-26(4)27-14-20-31(21-15-27)33(30-18-11-25(3)12-19-30)32-22-16-29(17-23-32)28-8-6-5-7-9-28;1-15-10-12-18(2,13-11-15)20-17-8-6-16(7-9-17)5-4-14-19-3/h5-23H,1-4H3;4-12,14,20H,13H2,1-3H3/b26-13+;5-4+,19-14?. The van der Waals surface area contributed by atoms with Crippen molar-refractivity contribution in [1.29, 1.82) is 0 Å². The van der Waals surface area contributed by atoms with Gasteiger partial charge in [0.25, 0.3) is 0 Å². The summed E-state index contributed by atoms with van der Waals surface area (Å²) in [5.41, 5.74) is 14.6. The highest BCUT2D eigenvalue weighted by Crippen LogP contribution is 2.36. The first-order chi connectivity index (χ1) is 25.6. The van der Waals surface area contributed by atoms with E-state index in [0.29, 0.717) is 0 Å². The third kappa shape index (κ3) is 11.3. The van der Waals surface area contributed by atoms with Crippen LogP contribution in [0.3, 0.4) is 0 Å². The van der Waals surface area contributed by atoms with Crippen LogP contribution in [0.15, 0.2) is 180 Å². The lowest BCUT2D eigenvalue weighted by Crippen LogP contribution is -2.32. The molecule has 1 N–H and O–H groups in total. The third-order valence-corrected chi connectivity index (χ3v) is 9.20. The van der Waals surface area contributed by atoms with Gasteiger partial charge in [-0.3, -0.25) is 4.99 Å². The second-order valence-electron chi connectivity index (χ2n) is 14.1. The van der Waals surface area contributed by atoms with Crippen molar-refractivity contribution >= 4 is 40.6 Å². The zero-order valence-corrected chi connectivity index (χ0v) is 32.3. The SMILES string of the molecule is CC(C)=C/C=C(\C)c1ccc(N(c2ccc(C)cc2)c2ccc(-c3ccccc3)cc2)cc1.CN=C/C=C/c1ccc(NC2(C)C=CC(C)=CC2)cc1. The predicted octanol–water partition coefficient (Wildman–Crippen LogP) is 14.0. The minimum Gasteiger partial charge on any atom is -0.376 e. The Hall–Kier alpha value is -5.93. The molecule has 1 unspecified atom stereocenters. The van der Waals surface area contributed by atoms with E-state index in [2.05, 4.69) is 215 Å². The summed E-state index contributed by atoms with van der Waals surface area (Å²) < 4.78 is 0. The number of hydrogen-bond donors (Lipinski definition) is 1. The summed E-state index contributed by atoms with van der Waals surface area (Å²) in [5, 5.41) is 3.59. The molecule has 0 spiro atoms. The fourth-order valence-electron chi connectivity index (χ4n) is 6.00. The lowest BCUT2D eigenvalue weighted by atomic mass is 9.90. The first-order valence-corrected chi connectivity index (χ1v) is 18.4. The molecule has 6 rings (SSSR count). The van der Waals surface area contributed by atoms with Crippen molar-refractivity contribution in [2.24, 2.45) is 4.99 Å². The molecule has 0 fully saturated rings. The number of aliphatic imine (C=N–C) groups is 1. The molecule has 0 aliphatic heterocycles. The summed E-state index contributed by atoms with van der Waals surface area (Å²) in [5.74, 6) is 0. The van der Waals surface area contributed by atoms with Gasteiger partial charge in [0, 0.05) is 36.0 Å². The van der Waals surface area contributed by atoms with Crippen LogP contribution in [-0.2, 0) is 0 Å². The second kappa shape index (κ2) is 18.5. The summed E-state index contributed by atoms with van der Waals surface area (Å²) >= 11 is 0. The van der Waals surface area contributed by atoms with Gasteiger partial charge in [-0.1, -0.05) is 132 Å². The van der Waals surface area contributed by atoms with E-state index in [1.165, 1.54) is 44.5 Å². The van der Waals surface area contributed by atoms with Crippen molar-refractivity contribution in [3.8, 4) is 11.1 Å². The Labute approximate surface area is 318 Å². The molecule has 0 saturated carbocycles. The predicted molar refractivity (Wildman–Crippen MR) is 234 cm³/mol. The molecule has 5 aromatic rings. The van der Waals surface area contributed by atoms with Crippen LogP contribution in [0.2, 0.25) is 0 Å². The number of allylic oxidation sites excluding steroid dienone is 7. The number of aryl methyl sites for hydroxylation is 1. The summed E-state index contributed by atoms with van der Waals surface area (Å²) in [4.78, 5) is 6.24. The average Bonchev–Trinajstić information content (AvgIpc) is 3.18. The Morgan fingerprint density at radius 2 is 1.28 bits per heavy atom. The Morgan fingerprint density at radius 3 is 1.85 bits per heavy atom. The molecule has 0 saturated heterocycles. The van der Waals surface area contributed by atoms with Gasteiger partial charge in [0.2, 0.25) is 0 Å². The lowest BCUT2D eigenvalue weighted by molar-refractivity contribution is 0.637. The van der Waals surface area contributed by atoms with Crippen molar-refractivity contribution in [3.05, 3.63) is 192 Å². The monoisotopic (exact) mass is 695 g/mol. The molecule has 268 valence electrons. The van der Waals surface area contributed by atoms with Crippen LogP contribution in [0.5, 0.6) is 0 Å². The van der Waals surface area contributed by atoms with Crippen molar-refractivity contribution in [2.75, 3.05) is 17.3 Å². The fraction of sp³-hybridized carbons (Fsp3) is 0.180. The number of nitrogens with zero attached hydrogens (tertiary/aromatic N) is 2. The third-order valence-electron chi connectivity index (χ3n) is 9.20. The second-order valence-corrected chi connectivity index (χ2v) is 14.1. The Balaban J connectivity index is 0.000000231. The molecule has 1 atom stereocenters. The minimum absolute atomic E-state index is 0.00569. The van der Waals surface area contributed by atoms with Gasteiger partial charge in [0.1, 0.15) is 0 Å². The quantitative estimate of drug-likeness (QED) is 0.116. The number of benzene rings is 5. The molecule has 3 heteroatoms. The van der Waals surface area contributed by atoms with Crippen LogP contribution in [-0.4, -0.2) is 18.8 Å². The number of anilines is 4. The van der Waals surface area contributed by atoms with Gasteiger partial charge in [-0.2, -0.15) is 0 Å². The van der Waals surface area contributed by atoms with Crippen LogP contribution in [0, 0.1) is 6.92 Å². The average molecular weight is 696 g/mol. The highest BCUT2D eigenvalue weighted by atomic mass is 15.1. The molecule has 0 heterocycles. The molecule has 1 aliphatic carbocycles. The van der Waals surface area contributed by atoms with Crippen molar-refractivity contribution in [2.45, 2.75) is 53.5 Å². The van der Waals surface area contributed by atoms with E-state index >= 15 is 0 Å². The van der Waals surface area contributed by atoms with Gasteiger partial charge in [0.15, 0.2) is 0 Å². The van der Waals surface area contributed by atoms with E-state index < -0.39 is 0 Å². The maximum absolute atomic E-state index is 3.92. The topological polar surface area (TPSA) is 27.6 Å². The van der Waals surface area contributed by atoms with Gasteiger partial charge >= 0.3 is 0 Å². The first-order valence-electron chi connectivity index (χ1n) is 18.4. The van der Waals surface area contributed by atoms with Crippen LogP contribution in [0.1, 0.15) is 57.7 Å². The zero-order chi connectivity index (χ0) is 37.6. The number of rotatable bonds is 10. The molecular weight excluding hydrogens is 643 g/mol. The summed E-state index contributed by atoms with van der Waals surface area (Å²) in [7, 11) is 1.77. The highest BCUT2D eigenvalue weighted by Gasteiger charge is 2.21. The van der Waals surface area contributed by atoms with E-state index in [4.69, 9.17) is 0 Å². The van der Waals surface area contributed by atoms with E-state index in [9.17, 15) is 0 Å². The molecule has 53 heavy (non-hydrogen) atoms. The van der Waals surface area contributed by atoms with E-state index in [1.807, 2.05) is 12.2 Å². The van der Waals surface area contributed by atoms with Gasteiger partial charge in [-0.25, -0.2) is 0 Å². The van der Waals surface area contributed by atoms with Crippen LogP contribution >= 0.6 is 0 Å². The Kier molecular flexibility index (Phi) is 13.4. The summed E-state index contributed by atoms with van der Waals surface area (Å²) in [6.07, 6.45) is 17.8. The first kappa shape index (κ1) is 38.3. The maximum atomic E-state index is 3.92. The van der Waals surface area contributed by atoms with Crippen LogP contribution in [0.25, 0.3) is 22.8 Å². The van der Waals surface area contributed by atoms with Gasteiger partial charge in [-0.15, -0.1) is 0 Å². The van der Waals surface area contributed by atoms with Crippen molar-refractivity contribution in [1.82, 2.24) is 0 Å². The molecule has 1 aliphatic rings. The molecular formula is C50H53N3. The largest absolute Gasteiger partial charge is 0.376 e. The highest BCUT2D eigenvalue weighted by molar-refractivity contribution is 5.80. The van der Waals surface area contributed by atoms with Gasteiger partial charge < -0.3 is 10.2 Å². The maximum Gasteiger partial charge on any atom is 0.0565 e. The molecule has 0 aromatic heterocycles. The summed E-state index contributed by atoms with van der Waals surface area (Å²) in [6.45, 7) is 12.9. The van der Waals surface area contributed by atoms with Gasteiger partial charge in [-0.05, 0) is 130 Å². The molecule has 0 radical (unpaired) electrons. The van der Waals surface area contributed by atoms with Gasteiger partial charge in [0.05, 0.1) is 5.54 Å². The molecule has 3 nitrogen and oxygen atoms in total. The summed E-state index contributed by atoms with van der Waals surface area (Å²) in [6, 6.07) is 45.3. The zero-order valence-electron chi connectivity index (χ0n) is 32.3. The number of hydrogen-bond acceptors (Lipinski definition) is 3. The van der Waals surface area contributed by atoms with E-state index in [0.717, 1.165) is 29.2 Å². The van der Waals surface area contributed by atoms with Crippen LogP contribution in [0.4, 0.5) is 22.7 Å². The van der Waals surface area contributed by atoms with Crippen molar-refractivity contribution < 1.29 is 0 Å². The Morgan fingerprint density at radius 1 is 0.698 bits per heavy atom. The van der Waals surface area contributed by atoms with E-state index in [-0.39, 0.29) is 5.54 Å². The minimum atomic E-state index is 0.00569. The Bertz CT molecular complexity index is 2090.